The van der Waals surface area contributed by atoms with Gasteiger partial charge in [-0.3, -0.25) is 0 Å². The number of nitrogens with one attached hydrogen (secondary N) is 2. The van der Waals surface area contributed by atoms with E-state index in [1.165, 1.54) is 17.7 Å². The zero-order chi connectivity index (χ0) is 9.54. The molecule has 2 heterocycles. The van der Waals surface area contributed by atoms with Crippen molar-refractivity contribution in [3.05, 3.63) is 28.8 Å². The van der Waals surface area contributed by atoms with Gasteiger partial charge in [0.25, 0.3) is 0 Å². The molecule has 3 rings (SSSR count). The molecule has 14 heavy (non-hydrogen) atoms. The highest BCUT2D eigenvalue weighted by molar-refractivity contribution is 6.30. The molecule has 74 valence electrons. The van der Waals surface area contributed by atoms with Gasteiger partial charge in [-0.25, -0.2) is 0 Å². The Morgan fingerprint density at radius 2 is 2.29 bits per heavy atom. The van der Waals surface area contributed by atoms with Gasteiger partial charge < -0.3 is 10.6 Å². The molecule has 1 saturated heterocycles. The van der Waals surface area contributed by atoms with E-state index in [0.29, 0.717) is 12.0 Å². The van der Waals surface area contributed by atoms with Crippen LogP contribution in [0.25, 0.3) is 0 Å². The molecule has 2 aliphatic heterocycles. The van der Waals surface area contributed by atoms with Crippen LogP contribution in [0.15, 0.2) is 18.2 Å². The van der Waals surface area contributed by atoms with Gasteiger partial charge in [0.2, 0.25) is 0 Å². The summed E-state index contributed by atoms with van der Waals surface area (Å²) >= 11 is 5.97. The van der Waals surface area contributed by atoms with Crippen molar-refractivity contribution < 1.29 is 0 Å². The first kappa shape index (κ1) is 8.57. The summed E-state index contributed by atoms with van der Waals surface area (Å²) in [7, 11) is 0. The minimum atomic E-state index is 0.567. The molecule has 0 saturated carbocycles. The van der Waals surface area contributed by atoms with Crippen LogP contribution in [0.1, 0.15) is 17.9 Å². The smallest absolute Gasteiger partial charge is 0.0455 e. The Hall–Kier alpha value is -0.730. The Morgan fingerprint density at radius 1 is 1.36 bits per heavy atom. The second-order valence-corrected chi connectivity index (χ2v) is 4.52. The summed E-state index contributed by atoms with van der Waals surface area (Å²) in [5.74, 6) is 0.684. The van der Waals surface area contributed by atoms with Crippen molar-refractivity contribution in [2.24, 2.45) is 0 Å². The van der Waals surface area contributed by atoms with Crippen LogP contribution >= 0.6 is 11.6 Å². The van der Waals surface area contributed by atoms with Crippen molar-refractivity contribution in [2.75, 3.05) is 18.4 Å². The number of rotatable bonds is 0. The highest BCUT2D eigenvalue weighted by atomic mass is 35.5. The van der Waals surface area contributed by atoms with Crippen LogP contribution in [0.2, 0.25) is 5.02 Å². The van der Waals surface area contributed by atoms with Crippen molar-refractivity contribution in [3.63, 3.8) is 0 Å². The van der Waals surface area contributed by atoms with Gasteiger partial charge in [0, 0.05) is 29.2 Å². The summed E-state index contributed by atoms with van der Waals surface area (Å²) in [4.78, 5) is 0. The van der Waals surface area contributed by atoms with Gasteiger partial charge in [0.1, 0.15) is 0 Å². The van der Waals surface area contributed by atoms with Crippen LogP contribution < -0.4 is 10.6 Å². The summed E-state index contributed by atoms with van der Waals surface area (Å²) in [6, 6.07) is 6.76. The molecule has 0 amide bonds. The molecule has 2 atom stereocenters. The fourth-order valence-corrected chi connectivity index (χ4v) is 2.73. The third kappa shape index (κ3) is 1.22. The average Bonchev–Trinajstić information content (AvgIpc) is 2.54. The maximum atomic E-state index is 5.97. The van der Waals surface area contributed by atoms with Crippen LogP contribution in [0.5, 0.6) is 0 Å². The summed E-state index contributed by atoms with van der Waals surface area (Å²) in [5, 5.41) is 7.76. The van der Waals surface area contributed by atoms with Crippen LogP contribution in [0.3, 0.4) is 0 Å². The highest BCUT2D eigenvalue weighted by Gasteiger charge is 2.33. The number of fused-ring (bicyclic) bond motifs is 3. The molecule has 2 nitrogen and oxygen atoms in total. The normalized spacial score (nSPS) is 29.2. The van der Waals surface area contributed by atoms with E-state index in [9.17, 15) is 0 Å². The Labute approximate surface area is 88.6 Å². The monoisotopic (exact) mass is 208 g/mol. The molecule has 3 heteroatoms. The van der Waals surface area contributed by atoms with Crippen LogP contribution in [0.4, 0.5) is 5.69 Å². The fraction of sp³-hybridized carbons (Fsp3) is 0.455. The third-order valence-corrected chi connectivity index (χ3v) is 3.47. The van der Waals surface area contributed by atoms with Crippen molar-refractivity contribution >= 4 is 17.3 Å². The summed E-state index contributed by atoms with van der Waals surface area (Å²) in [6.45, 7) is 2.20. The van der Waals surface area contributed by atoms with Crippen molar-refractivity contribution in [1.29, 1.82) is 0 Å². The first-order valence-electron chi connectivity index (χ1n) is 5.11. The number of benzene rings is 1. The predicted molar refractivity (Wildman–Crippen MR) is 59.1 cm³/mol. The van der Waals surface area contributed by atoms with E-state index in [2.05, 4.69) is 16.7 Å². The second kappa shape index (κ2) is 3.14. The Kier molecular flexibility index (Phi) is 1.92. The zero-order valence-corrected chi connectivity index (χ0v) is 8.64. The van der Waals surface area contributed by atoms with E-state index >= 15 is 0 Å². The lowest BCUT2D eigenvalue weighted by Gasteiger charge is -2.26. The van der Waals surface area contributed by atoms with E-state index in [1.54, 1.807) is 0 Å². The first-order valence-corrected chi connectivity index (χ1v) is 5.49. The van der Waals surface area contributed by atoms with Crippen LogP contribution in [-0.4, -0.2) is 19.1 Å². The molecule has 0 spiro atoms. The number of piperidine rings is 1. The second-order valence-electron chi connectivity index (χ2n) is 4.08. The molecule has 0 aliphatic carbocycles. The van der Waals surface area contributed by atoms with Gasteiger partial charge in [0.15, 0.2) is 0 Å². The van der Waals surface area contributed by atoms with Gasteiger partial charge in [-0.1, -0.05) is 17.7 Å². The van der Waals surface area contributed by atoms with E-state index < -0.39 is 0 Å². The van der Waals surface area contributed by atoms with E-state index in [1.807, 2.05) is 12.1 Å². The molecule has 0 aromatic heterocycles. The topological polar surface area (TPSA) is 24.1 Å². The summed E-state index contributed by atoms with van der Waals surface area (Å²) in [5.41, 5.74) is 2.68. The quantitative estimate of drug-likeness (QED) is 0.683. The molecule has 0 radical (unpaired) electrons. The maximum Gasteiger partial charge on any atom is 0.0455 e. The molecule has 0 bridgehead atoms. The number of hydrogen-bond acceptors (Lipinski definition) is 2. The lowest BCUT2D eigenvalue weighted by molar-refractivity contribution is 0.439. The van der Waals surface area contributed by atoms with Gasteiger partial charge >= 0.3 is 0 Å². The molecule has 2 unspecified atom stereocenters. The Bertz CT molecular complexity index is 364. The fourth-order valence-electron chi connectivity index (χ4n) is 2.56. The minimum Gasteiger partial charge on any atom is -0.380 e. The highest BCUT2D eigenvalue weighted by Crippen LogP contribution is 2.40. The maximum absolute atomic E-state index is 5.97. The standard InChI is InChI=1S/C11H13ClN2/c12-7-1-2-8-9-3-4-13-6-11(9)14-10(8)5-7/h1-2,5,9,11,13-14H,3-4,6H2. The lowest BCUT2D eigenvalue weighted by Crippen LogP contribution is -2.40. The SMILES string of the molecule is Clc1ccc2c(c1)NC1CNCCC21. The van der Waals surface area contributed by atoms with Gasteiger partial charge in [-0.2, -0.15) is 0 Å². The lowest BCUT2D eigenvalue weighted by atomic mass is 9.89. The molecule has 2 N–H and O–H groups in total. The summed E-state index contributed by atoms with van der Waals surface area (Å²) < 4.78 is 0. The summed E-state index contributed by atoms with van der Waals surface area (Å²) in [6.07, 6.45) is 1.23. The Balaban J connectivity index is 2.01. The van der Waals surface area contributed by atoms with Crippen LogP contribution in [0, 0.1) is 0 Å². The number of anilines is 1. The predicted octanol–water partition coefficient (Wildman–Crippen LogP) is 2.21. The zero-order valence-electron chi connectivity index (χ0n) is 7.89. The van der Waals surface area contributed by atoms with Crippen molar-refractivity contribution in [3.8, 4) is 0 Å². The van der Waals surface area contributed by atoms with E-state index in [4.69, 9.17) is 11.6 Å². The Morgan fingerprint density at radius 3 is 3.21 bits per heavy atom. The number of halogens is 1. The molecule has 1 aromatic rings. The minimum absolute atomic E-state index is 0.567. The molecular formula is C11H13ClN2. The van der Waals surface area contributed by atoms with E-state index in [-0.39, 0.29) is 0 Å². The molecule has 1 fully saturated rings. The number of hydrogen-bond donors (Lipinski definition) is 2. The molecule has 2 aliphatic rings. The van der Waals surface area contributed by atoms with E-state index in [0.717, 1.165) is 18.1 Å². The molecular weight excluding hydrogens is 196 g/mol. The van der Waals surface area contributed by atoms with Gasteiger partial charge in [-0.15, -0.1) is 0 Å². The largest absolute Gasteiger partial charge is 0.380 e. The first-order chi connectivity index (χ1) is 6.84. The van der Waals surface area contributed by atoms with Gasteiger partial charge in [0.05, 0.1) is 0 Å². The van der Waals surface area contributed by atoms with Crippen LogP contribution in [-0.2, 0) is 0 Å². The molecule has 1 aromatic carbocycles. The average molecular weight is 209 g/mol. The third-order valence-electron chi connectivity index (χ3n) is 3.24. The van der Waals surface area contributed by atoms with Crippen molar-refractivity contribution in [1.82, 2.24) is 5.32 Å². The van der Waals surface area contributed by atoms with Gasteiger partial charge in [-0.05, 0) is 30.7 Å². The van der Waals surface area contributed by atoms with Crippen molar-refractivity contribution in [2.45, 2.75) is 18.4 Å².